The molecule has 1 aliphatic rings. The molecule has 19 heavy (non-hydrogen) atoms. The minimum Gasteiger partial charge on any atom is -0.478 e. The van der Waals surface area contributed by atoms with E-state index in [1.165, 1.54) is 25.7 Å². The molecule has 1 fully saturated rings. The van der Waals surface area contributed by atoms with Gasteiger partial charge in [-0.3, -0.25) is 0 Å². The number of halogens is 1. The van der Waals surface area contributed by atoms with E-state index < -0.39 is 5.97 Å². The Labute approximate surface area is 122 Å². The van der Waals surface area contributed by atoms with Crippen molar-refractivity contribution in [3.63, 3.8) is 0 Å². The Hall–Kier alpha value is -1.03. The average Bonchev–Trinajstić information content (AvgIpc) is 2.31. The fraction of sp³-hybridized carbons (Fsp3) is 0.533. The summed E-state index contributed by atoms with van der Waals surface area (Å²) in [6, 6.07) is 5.83. The lowest BCUT2D eigenvalue weighted by atomic mass is 9.75. The molecule has 0 spiro atoms. The average molecular weight is 326 g/mol. The standard InChI is InChI=1S/C15H20BrNO2/c1-15(2)7-5-10(6-8-15)17-11-3-4-12(14(18)19)13(16)9-11/h3-4,9-10,17H,5-8H2,1-2H3,(H,18,19). The van der Waals surface area contributed by atoms with Crippen molar-refractivity contribution < 1.29 is 9.90 Å². The number of carboxylic acid groups (broad SMARTS) is 1. The summed E-state index contributed by atoms with van der Waals surface area (Å²) in [5, 5.41) is 12.5. The van der Waals surface area contributed by atoms with Crippen molar-refractivity contribution in [1.82, 2.24) is 0 Å². The highest BCUT2D eigenvalue weighted by Crippen LogP contribution is 2.36. The molecule has 1 aromatic carbocycles. The van der Waals surface area contributed by atoms with Crippen LogP contribution in [0.1, 0.15) is 49.9 Å². The molecule has 2 rings (SSSR count). The van der Waals surface area contributed by atoms with Crippen LogP contribution in [0.2, 0.25) is 0 Å². The van der Waals surface area contributed by atoms with E-state index in [9.17, 15) is 4.79 Å². The van der Waals surface area contributed by atoms with Crippen LogP contribution in [0.25, 0.3) is 0 Å². The lowest BCUT2D eigenvalue weighted by molar-refractivity contribution is 0.0696. The zero-order valence-electron chi connectivity index (χ0n) is 11.4. The monoisotopic (exact) mass is 325 g/mol. The fourth-order valence-corrected chi connectivity index (χ4v) is 3.11. The van der Waals surface area contributed by atoms with Crippen LogP contribution in [0, 0.1) is 5.41 Å². The number of hydrogen-bond donors (Lipinski definition) is 2. The Bertz CT molecular complexity index is 475. The van der Waals surface area contributed by atoms with Gasteiger partial charge in [0.1, 0.15) is 0 Å². The van der Waals surface area contributed by atoms with Gasteiger partial charge in [-0.05, 0) is 65.2 Å². The van der Waals surface area contributed by atoms with Crippen molar-refractivity contribution in [2.24, 2.45) is 5.41 Å². The van der Waals surface area contributed by atoms with E-state index in [0.717, 1.165) is 5.69 Å². The first-order valence-electron chi connectivity index (χ1n) is 6.67. The number of anilines is 1. The molecule has 0 atom stereocenters. The maximum absolute atomic E-state index is 10.9. The summed E-state index contributed by atoms with van der Waals surface area (Å²) in [4.78, 5) is 10.9. The molecule has 1 aromatic rings. The number of carboxylic acids is 1. The molecule has 0 aromatic heterocycles. The number of aromatic carboxylic acids is 1. The number of nitrogens with one attached hydrogen (secondary N) is 1. The predicted molar refractivity (Wildman–Crippen MR) is 80.8 cm³/mol. The Kier molecular flexibility index (Phi) is 4.19. The van der Waals surface area contributed by atoms with Gasteiger partial charge in [-0.25, -0.2) is 4.79 Å². The molecule has 0 bridgehead atoms. The lowest BCUT2D eigenvalue weighted by Gasteiger charge is -2.35. The first kappa shape index (κ1) is 14.4. The zero-order chi connectivity index (χ0) is 14.0. The van der Waals surface area contributed by atoms with Gasteiger partial charge in [0.25, 0.3) is 0 Å². The Morgan fingerprint density at radius 3 is 2.53 bits per heavy atom. The normalized spacial score (nSPS) is 19.1. The van der Waals surface area contributed by atoms with Gasteiger partial charge >= 0.3 is 5.97 Å². The maximum atomic E-state index is 10.9. The van der Waals surface area contributed by atoms with Crippen molar-refractivity contribution in [2.45, 2.75) is 45.6 Å². The van der Waals surface area contributed by atoms with Gasteiger partial charge < -0.3 is 10.4 Å². The van der Waals surface area contributed by atoms with E-state index in [2.05, 4.69) is 35.1 Å². The molecule has 4 heteroatoms. The molecule has 0 unspecified atom stereocenters. The number of carbonyl (C=O) groups is 1. The maximum Gasteiger partial charge on any atom is 0.336 e. The molecule has 0 radical (unpaired) electrons. The van der Waals surface area contributed by atoms with Crippen LogP contribution in [0.5, 0.6) is 0 Å². The minimum absolute atomic E-state index is 0.301. The number of rotatable bonds is 3. The molecule has 0 saturated heterocycles. The molecular weight excluding hydrogens is 306 g/mol. The summed E-state index contributed by atoms with van der Waals surface area (Å²) >= 11 is 3.31. The van der Waals surface area contributed by atoms with Crippen LogP contribution >= 0.6 is 15.9 Å². The minimum atomic E-state index is -0.905. The topological polar surface area (TPSA) is 49.3 Å². The lowest BCUT2D eigenvalue weighted by Crippen LogP contribution is -2.29. The van der Waals surface area contributed by atoms with Gasteiger partial charge in [-0.1, -0.05) is 13.8 Å². The van der Waals surface area contributed by atoms with Gasteiger partial charge in [0.15, 0.2) is 0 Å². The van der Waals surface area contributed by atoms with Gasteiger partial charge in [-0.2, -0.15) is 0 Å². The Morgan fingerprint density at radius 1 is 1.37 bits per heavy atom. The molecule has 0 aliphatic heterocycles. The molecule has 3 nitrogen and oxygen atoms in total. The summed E-state index contributed by atoms with van der Waals surface area (Å²) < 4.78 is 0.626. The highest BCUT2D eigenvalue weighted by Gasteiger charge is 2.26. The van der Waals surface area contributed by atoms with Crippen LogP contribution in [-0.2, 0) is 0 Å². The van der Waals surface area contributed by atoms with Crippen LogP contribution in [0.4, 0.5) is 5.69 Å². The third-order valence-electron chi connectivity index (χ3n) is 3.91. The highest BCUT2D eigenvalue weighted by molar-refractivity contribution is 9.10. The SMILES string of the molecule is CC1(C)CCC(Nc2ccc(C(=O)O)c(Br)c2)CC1. The van der Waals surface area contributed by atoms with E-state index in [4.69, 9.17) is 5.11 Å². The van der Waals surface area contributed by atoms with Crippen LogP contribution in [0.3, 0.4) is 0 Å². The van der Waals surface area contributed by atoms with Gasteiger partial charge in [0.05, 0.1) is 5.56 Å². The third-order valence-corrected chi connectivity index (χ3v) is 4.57. The van der Waals surface area contributed by atoms with E-state index in [1.54, 1.807) is 6.07 Å². The summed E-state index contributed by atoms with van der Waals surface area (Å²) in [7, 11) is 0. The van der Waals surface area contributed by atoms with Gasteiger partial charge in [-0.15, -0.1) is 0 Å². The van der Waals surface area contributed by atoms with Crippen LogP contribution in [0.15, 0.2) is 22.7 Å². The van der Waals surface area contributed by atoms with Crippen molar-refractivity contribution in [2.75, 3.05) is 5.32 Å². The molecule has 0 amide bonds. The second-order valence-corrected chi connectivity index (χ2v) is 6.94. The Balaban J connectivity index is 2.01. The van der Waals surface area contributed by atoms with Crippen molar-refractivity contribution in [1.29, 1.82) is 0 Å². The first-order chi connectivity index (χ1) is 8.87. The second-order valence-electron chi connectivity index (χ2n) is 6.08. The largest absolute Gasteiger partial charge is 0.478 e. The van der Waals surface area contributed by atoms with E-state index in [-0.39, 0.29) is 0 Å². The van der Waals surface area contributed by atoms with Crippen LogP contribution in [-0.4, -0.2) is 17.1 Å². The molecule has 0 heterocycles. The highest BCUT2D eigenvalue weighted by atomic mass is 79.9. The smallest absolute Gasteiger partial charge is 0.336 e. The van der Waals surface area contributed by atoms with Gasteiger partial charge in [0, 0.05) is 16.2 Å². The van der Waals surface area contributed by atoms with Crippen molar-refractivity contribution >= 4 is 27.6 Å². The molecule has 1 saturated carbocycles. The van der Waals surface area contributed by atoms with Crippen LogP contribution < -0.4 is 5.32 Å². The van der Waals surface area contributed by atoms with E-state index in [1.807, 2.05) is 12.1 Å². The van der Waals surface area contributed by atoms with Gasteiger partial charge in [0.2, 0.25) is 0 Å². The summed E-state index contributed by atoms with van der Waals surface area (Å²) in [6.45, 7) is 4.64. The molecule has 1 aliphatic carbocycles. The molecule has 2 N–H and O–H groups in total. The predicted octanol–water partition coefficient (Wildman–Crippen LogP) is 4.53. The molecule has 104 valence electrons. The molecular formula is C15H20BrNO2. The quantitative estimate of drug-likeness (QED) is 0.858. The third kappa shape index (κ3) is 3.72. The van der Waals surface area contributed by atoms with E-state index >= 15 is 0 Å². The van der Waals surface area contributed by atoms with Crippen molar-refractivity contribution in [3.05, 3.63) is 28.2 Å². The van der Waals surface area contributed by atoms with Crippen molar-refractivity contribution in [3.8, 4) is 0 Å². The first-order valence-corrected chi connectivity index (χ1v) is 7.46. The fourth-order valence-electron chi connectivity index (χ4n) is 2.56. The number of benzene rings is 1. The zero-order valence-corrected chi connectivity index (χ0v) is 13.0. The van der Waals surface area contributed by atoms with E-state index in [0.29, 0.717) is 21.5 Å². The Morgan fingerprint density at radius 2 is 2.00 bits per heavy atom. The summed E-state index contributed by atoms with van der Waals surface area (Å²) in [6.07, 6.45) is 4.81. The summed E-state index contributed by atoms with van der Waals surface area (Å²) in [5.74, 6) is -0.905. The second kappa shape index (κ2) is 5.53. The summed E-state index contributed by atoms with van der Waals surface area (Å²) in [5.41, 5.74) is 1.75. The number of hydrogen-bond acceptors (Lipinski definition) is 2.